The number of imide groups is 1. The Kier molecular flexibility index (Phi) is 7.12. The number of nitrogens with one attached hydrogen (secondary N) is 1. The van der Waals surface area contributed by atoms with Crippen LogP contribution in [0.1, 0.15) is 32.6 Å². The molecular formula is C19H23BrN4O3S. The van der Waals surface area contributed by atoms with Gasteiger partial charge in [-0.25, -0.2) is 9.78 Å². The predicted octanol–water partition coefficient (Wildman–Crippen LogP) is 3.38. The van der Waals surface area contributed by atoms with E-state index in [4.69, 9.17) is 4.98 Å². The van der Waals surface area contributed by atoms with Gasteiger partial charge in [-0.05, 0) is 31.0 Å². The summed E-state index contributed by atoms with van der Waals surface area (Å²) in [5.41, 5.74) is 0.649. The van der Waals surface area contributed by atoms with Crippen LogP contribution < -0.4 is 10.9 Å². The Morgan fingerprint density at radius 2 is 2.00 bits per heavy atom. The quantitative estimate of drug-likeness (QED) is 0.265. The number of halogens is 1. The van der Waals surface area contributed by atoms with Crippen molar-refractivity contribution in [2.75, 3.05) is 18.8 Å². The molecule has 0 unspecified atom stereocenters. The molecule has 1 saturated heterocycles. The van der Waals surface area contributed by atoms with Crippen LogP contribution in [0, 0.1) is 0 Å². The lowest BCUT2D eigenvalue weighted by molar-refractivity contribution is -0.124. The van der Waals surface area contributed by atoms with E-state index in [2.05, 4.69) is 28.2 Å². The van der Waals surface area contributed by atoms with Gasteiger partial charge in [0.05, 0.1) is 17.4 Å². The molecule has 1 aromatic carbocycles. The molecule has 1 N–H and O–H groups in total. The summed E-state index contributed by atoms with van der Waals surface area (Å²) in [6.45, 7) is 3.21. The molecular weight excluding hydrogens is 444 g/mol. The zero-order valence-corrected chi connectivity index (χ0v) is 18.1. The molecule has 28 heavy (non-hydrogen) atoms. The van der Waals surface area contributed by atoms with Crippen molar-refractivity contribution in [1.29, 1.82) is 0 Å². The Hall–Kier alpha value is -1.87. The Balaban J connectivity index is 1.75. The lowest BCUT2D eigenvalue weighted by Crippen LogP contribution is -2.32. The van der Waals surface area contributed by atoms with E-state index in [1.807, 2.05) is 18.2 Å². The number of thioether (sulfide) groups is 1. The molecule has 1 aliphatic heterocycles. The molecule has 1 fully saturated rings. The highest BCUT2D eigenvalue weighted by Crippen LogP contribution is 2.22. The number of amides is 3. The van der Waals surface area contributed by atoms with Crippen molar-refractivity contribution >= 4 is 50.5 Å². The van der Waals surface area contributed by atoms with Crippen LogP contribution in [0.4, 0.5) is 4.79 Å². The van der Waals surface area contributed by atoms with Gasteiger partial charge in [-0.1, -0.05) is 47.5 Å². The third-order valence-electron chi connectivity index (χ3n) is 4.56. The van der Waals surface area contributed by atoms with Gasteiger partial charge in [0, 0.05) is 23.3 Å². The number of carbonyl (C=O) groups excluding carboxylic acids is 2. The largest absolute Gasteiger partial charge is 0.329 e. The van der Waals surface area contributed by atoms with Crippen LogP contribution in [0.3, 0.4) is 0 Å². The van der Waals surface area contributed by atoms with Crippen molar-refractivity contribution in [1.82, 2.24) is 19.8 Å². The number of rotatable bonds is 9. The minimum absolute atomic E-state index is 0.0287. The molecule has 1 aromatic heterocycles. The average molecular weight is 467 g/mol. The maximum Gasteiger partial charge on any atom is 0.324 e. The predicted molar refractivity (Wildman–Crippen MR) is 114 cm³/mol. The minimum atomic E-state index is -0.333. The molecule has 0 radical (unpaired) electrons. The molecule has 2 aromatic rings. The summed E-state index contributed by atoms with van der Waals surface area (Å²) in [5, 5.41) is 3.81. The van der Waals surface area contributed by atoms with Gasteiger partial charge in [0.15, 0.2) is 5.16 Å². The molecule has 150 valence electrons. The highest BCUT2D eigenvalue weighted by molar-refractivity contribution is 9.10. The Morgan fingerprint density at radius 1 is 1.18 bits per heavy atom. The SMILES string of the molecule is CCCCCn1c(SCCCN2C(=O)CNC2=O)nc2ccc(Br)cc2c1=O. The smallest absolute Gasteiger partial charge is 0.324 e. The fraction of sp³-hybridized carbons (Fsp3) is 0.474. The third kappa shape index (κ3) is 4.75. The molecule has 0 bridgehead atoms. The number of benzene rings is 1. The summed E-state index contributed by atoms with van der Waals surface area (Å²) in [6, 6.07) is 5.20. The van der Waals surface area contributed by atoms with E-state index in [9.17, 15) is 14.4 Å². The van der Waals surface area contributed by atoms with Gasteiger partial charge in [0.1, 0.15) is 0 Å². The number of nitrogens with zero attached hydrogens (tertiary/aromatic N) is 3. The number of unbranched alkanes of at least 4 members (excludes halogenated alkanes) is 2. The zero-order chi connectivity index (χ0) is 20.1. The van der Waals surface area contributed by atoms with Crippen LogP contribution >= 0.6 is 27.7 Å². The lowest BCUT2D eigenvalue weighted by atomic mass is 10.2. The Morgan fingerprint density at radius 3 is 2.71 bits per heavy atom. The number of hydrogen-bond acceptors (Lipinski definition) is 5. The van der Waals surface area contributed by atoms with Gasteiger partial charge >= 0.3 is 6.03 Å². The van der Waals surface area contributed by atoms with E-state index >= 15 is 0 Å². The van der Waals surface area contributed by atoms with E-state index in [0.717, 1.165) is 23.7 Å². The standard InChI is InChI=1S/C19H23BrN4O3S/c1-2-3-4-8-24-17(26)14-11-13(20)6-7-15(14)22-19(24)28-10-5-9-23-16(25)12-21-18(23)27/h6-7,11H,2-5,8-10,12H2,1H3,(H,21,27). The normalized spacial score (nSPS) is 14.1. The van der Waals surface area contributed by atoms with Gasteiger partial charge in [-0.3, -0.25) is 19.1 Å². The number of urea groups is 1. The van der Waals surface area contributed by atoms with Crippen molar-refractivity contribution in [3.63, 3.8) is 0 Å². The fourth-order valence-corrected chi connectivity index (χ4v) is 4.38. The summed E-state index contributed by atoms with van der Waals surface area (Å²) in [6.07, 6.45) is 3.70. The summed E-state index contributed by atoms with van der Waals surface area (Å²) >= 11 is 4.92. The Labute approximate surface area is 176 Å². The van der Waals surface area contributed by atoms with Crippen LogP contribution in [0.5, 0.6) is 0 Å². The second-order valence-corrected chi connectivity index (χ2v) is 8.60. The van der Waals surface area contributed by atoms with Crippen LogP contribution in [0.2, 0.25) is 0 Å². The molecule has 9 heteroatoms. The molecule has 2 heterocycles. The molecule has 0 spiro atoms. The van der Waals surface area contributed by atoms with E-state index in [1.54, 1.807) is 4.57 Å². The molecule has 1 aliphatic rings. The lowest BCUT2D eigenvalue weighted by Gasteiger charge is -2.14. The Bertz CT molecular complexity index is 931. The van der Waals surface area contributed by atoms with Crippen molar-refractivity contribution in [3.8, 4) is 0 Å². The van der Waals surface area contributed by atoms with Crippen molar-refractivity contribution in [2.45, 2.75) is 44.3 Å². The van der Waals surface area contributed by atoms with Gasteiger partial charge < -0.3 is 5.32 Å². The summed E-state index contributed by atoms with van der Waals surface area (Å²) in [7, 11) is 0. The van der Waals surface area contributed by atoms with Gasteiger partial charge in [-0.15, -0.1) is 0 Å². The summed E-state index contributed by atoms with van der Waals surface area (Å²) in [5.74, 6) is 0.472. The first-order valence-corrected chi connectivity index (χ1v) is 11.2. The topological polar surface area (TPSA) is 84.3 Å². The first-order valence-electron chi connectivity index (χ1n) is 9.42. The number of fused-ring (bicyclic) bond motifs is 1. The second-order valence-electron chi connectivity index (χ2n) is 6.63. The minimum Gasteiger partial charge on any atom is -0.329 e. The van der Waals surface area contributed by atoms with Gasteiger partial charge in [0.25, 0.3) is 5.56 Å². The van der Waals surface area contributed by atoms with E-state index in [0.29, 0.717) is 41.3 Å². The van der Waals surface area contributed by atoms with Crippen molar-refractivity contribution in [3.05, 3.63) is 33.0 Å². The first-order chi connectivity index (χ1) is 13.5. The average Bonchev–Trinajstić information content (AvgIpc) is 2.99. The molecule has 0 atom stereocenters. The van der Waals surface area contributed by atoms with Gasteiger partial charge in [-0.2, -0.15) is 0 Å². The van der Waals surface area contributed by atoms with Crippen LogP contribution in [0.25, 0.3) is 10.9 Å². The summed E-state index contributed by atoms with van der Waals surface area (Å²) in [4.78, 5) is 42.2. The molecule has 0 aliphatic carbocycles. The maximum atomic E-state index is 13.0. The van der Waals surface area contributed by atoms with Crippen molar-refractivity contribution < 1.29 is 9.59 Å². The highest BCUT2D eigenvalue weighted by Gasteiger charge is 2.27. The number of carbonyl (C=O) groups is 2. The molecule has 7 nitrogen and oxygen atoms in total. The van der Waals surface area contributed by atoms with Gasteiger partial charge in [0.2, 0.25) is 5.91 Å². The second kappa shape index (κ2) is 9.56. The van der Waals surface area contributed by atoms with Crippen LogP contribution in [0.15, 0.2) is 32.6 Å². The van der Waals surface area contributed by atoms with Crippen LogP contribution in [-0.2, 0) is 11.3 Å². The monoisotopic (exact) mass is 466 g/mol. The fourth-order valence-electron chi connectivity index (χ4n) is 3.07. The maximum absolute atomic E-state index is 13.0. The third-order valence-corrected chi connectivity index (χ3v) is 6.12. The van der Waals surface area contributed by atoms with E-state index < -0.39 is 0 Å². The van der Waals surface area contributed by atoms with Crippen molar-refractivity contribution in [2.24, 2.45) is 0 Å². The highest BCUT2D eigenvalue weighted by atomic mass is 79.9. The molecule has 3 amide bonds. The summed E-state index contributed by atoms with van der Waals surface area (Å²) < 4.78 is 2.61. The number of hydrogen-bond donors (Lipinski definition) is 1. The number of aromatic nitrogens is 2. The molecule has 0 saturated carbocycles. The zero-order valence-electron chi connectivity index (χ0n) is 15.7. The first kappa shape index (κ1) is 20.9. The van der Waals surface area contributed by atoms with Crippen LogP contribution in [-0.4, -0.2) is 45.2 Å². The van der Waals surface area contributed by atoms with E-state index in [-0.39, 0.29) is 24.0 Å². The van der Waals surface area contributed by atoms with E-state index in [1.165, 1.54) is 16.7 Å². The molecule has 3 rings (SSSR count).